The molecule has 2 aromatic heterocycles. The number of fused-ring (bicyclic) bond motifs is 1. The van der Waals surface area contributed by atoms with E-state index in [4.69, 9.17) is 41.8 Å². The fourth-order valence-electron chi connectivity index (χ4n) is 4.69. The summed E-state index contributed by atoms with van der Waals surface area (Å²) < 4.78 is 24.8. The highest BCUT2D eigenvalue weighted by molar-refractivity contribution is 7.07. The third-order valence-electron chi connectivity index (χ3n) is 6.45. The summed E-state index contributed by atoms with van der Waals surface area (Å²) in [6.45, 7) is 5.82. The first-order valence-corrected chi connectivity index (χ1v) is 14.4. The predicted octanol–water partition coefficient (Wildman–Crippen LogP) is 5.77. The minimum Gasteiger partial charge on any atom is -0.493 e. The van der Waals surface area contributed by atoms with Crippen molar-refractivity contribution < 1.29 is 23.4 Å². The number of nitrogens with zero attached hydrogens (tertiary/aromatic N) is 2. The van der Waals surface area contributed by atoms with E-state index in [9.17, 15) is 9.59 Å². The zero-order valence-corrected chi connectivity index (χ0v) is 25.0. The summed E-state index contributed by atoms with van der Waals surface area (Å²) in [7, 11) is 1.54. The minimum atomic E-state index is -0.860. The van der Waals surface area contributed by atoms with Crippen molar-refractivity contribution in [3.05, 3.63) is 101 Å². The number of aromatic nitrogens is 1. The first-order chi connectivity index (χ1) is 19.8. The highest BCUT2D eigenvalue weighted by Gasteiger charge is 2.36. The van der Waals surface area contributed by atoms with Crippen LogP contribution in [0.2, 0.25) is 10.0 Å². The molecule has 0 N–H and O–H groups in total. The van der Waals surface area contributed by atoms with E-state index >= 15 is 0 Å². The average molecular weight is 614 g/mol. The van der Waals surface area contributed by atoms with Crippen molar-refractivity contribution in [3.8, 4) is 22.8 Å². The summed E-state index contributed by atoms with van der Waals surface area (Å²) in [5.74, 6) is 1.30. The number of methoxy groups -OCH3 is 1. The number of hydrogen-bond donors (Lipinski definition) is 0. The third kappa shape index (κ3) is 5.32. The van der Waals surface area contributed by atoms with Crippen molar-refractivity contribution in [1.82, 2.24) is 4.57 Å². The van der Waals surface area contributed by atoms with Crippen LogP contribution < -0.4 is 24.4 Å². The molecule has 0 fully saturated rings. The molecule has 5 rings (SSSR count). The number of furan rings is 1. The van der Waals surface area contributed by atoms with Gasteiger partial charge < -0.3 is 18.6 Å². The van der Waals surface area contributed by atoms with Crippen molar-refractivity contribution >= 4 is 46.6 Å². The van der Waals surface area contributed by atoms with E-state index in [1.165, 1.54) is 23.0 Å². The van der Waals surface area contributed by atoms with Gasteiger partial charge >= 0.3 is 5.97 Å². The number of ether oxygens (including phenoxy) is 3. The van der Waals surface area contributed by atoms with Gasteiger partial charge in [-0.15, -0.1) is 0 Å². The number of carbonyl (C=O) groups excluding carboxylic acids is 1. The van der Waals surface area contributed by atoms with Crippen LogP contribution in [0.5, 0.6) is 11.5 Å². The molecule has 0 saturated heterocycles. The molecule has 8 nitrogen and oxygen atoms in total. The molecule has 2 aromatic carbocycles. The number of halogens is 2. The summed E-state index contributed by atoms with van der Waals surface area (Å²) in [5, 5.41) is 0.784. The van der Waals surface area contributed by atoms with E-state index in [2.05, 4.69) is 4.99 Å². The first kappa shape index (κ1) is 28.7. The van der Waals surface area contributed by atoms with Gasteiger partial charge in [0.15, 0.2) is 16.3 Å². The van der Waals surface area contributed by atoms with Gasteiger partial charge in [0, 0.05) is 17.2 Å². The molecule has 0 spiro atoms. The number of allylic oxidation sites excluding steroid dienone is 1. The molecule has 0 unspecified atom stereocenters. The topological polar surface area (TPSA) is 92.3 Å². The molecule has 1 aliphatic rings. The van der Waals surface area contributed by atoms with Crippen molar-refractivity contribution in [2.24, 2.45) is 4.99 Å². The maximum Gasteiger partial charge on any atom is 0.338 e. The van der Waals surface area contributed by atoms with Gasteiger partial charge in [-0.2, -0.15) is 0 Å². The summed E-state index contributed by atoms with van der Waals surface area (Å²) in [4.78, 5) is 32.3. The molecule has 11 heteroatoms. The average Bonchev–Trinajstić information content (AvgIpc) is 3.54. The second-order valence-corrected chi connectivity index (χ2v) is 10.7. The lowest BCUT2D eigenvalue weighted by molar-refractivity contribution is -0.139. The second kappa shape index (κ2) is 12.0. The summed E-state index contributed by atoms with van der Waals surface area (Å²) >= 11 is 13.7. The van der Waals surface area contributed by atoms with Crippen LogP contribution in [0, 0.1) is 0 Å². The van der Waals surface area contributed by atoms with Crippen LogP contribution in [0.3, 0.4) is 0 Å². The number of carbonyl (C=O) groups is 1. The Bertz CT molecular complexity index is 1850. The maximum absolute atomic E-state index is 14.0. The third-order valence-corrected chi connectivity index (χ3v) is 8.25. The van der Waals surface area contributed by atoms with Crippen LogP contribution in [0.25, 0.3) is 17.4 Å². The van der Waals surface area contributed by atoms with Gasteiger partial charge in [-0.1, -0.05) is 52.7 Å². The molecule has 0 bridgehead atoms. The SMILES string of the molecule is CCOC(=O)C1=C(C)N=c2s/c(=C/c3ccc(-c4cccc(Cl)c4Cl)o3)c(=O)n2[C@H]1c1cccc(OC)c1OCC. The van der Waals surface area contributed by atoms with Gasteiger partial charge in [0.25, 0.3) is 5.56 Å². The molecule has 4 aromatic rings. The standard InChI is InChI=1S/C30H26Cl2N2O6S/c1-5-38-27-19(10-8-12-22(27)37-4)26-24(29(36)39-6-2)16(3)33-30-34(26)28(35)23(41-30)15-17-13-14-21(40-17)18-9-7-11-20(31)25(18)32/h7-15,26H,5-6H2,1-4H3/b23-15+/t26-/m0/s1. The number of rotatable bonds is 8. The van der Waals surface area contributed by atoms with E-state index in [1.54, 1.807) is 68.5 Å². The van der Waals surface area contributed by atoms with Crippen LogP contribution in [0.15, 0.2) is 74.0 Å². The molecule has 0 radical (unpaired) electrons. The fourth-order valence-corrected chi connectivity index (χ4v) is 6.11. The molecular formula is C30H26Cl2N2O6S. The van der Waals surface area contributed by atoms with Gasteiger partial charge in [0.2, 0.25) is 0 Å². The Morgan fingerprint density at radius 2 is 1.90 bits per heavy atom. The lowest BCUT2D eigenvalue weighted by Gasteiger charge is -2.26. The molecule has 1 atom stereocenters. The fraction of sp³-hybridized carbons (Fsp3) is 0.233. The zero-order chi connectivity index (χ0) is 29.3. The van der Waals surface area contributed by atoms with Crippen LogP contribution in [0.4, 0.5) is 0 Å². The normalized spacial score (nSPS) is 15.0. The van der Waals surface area contributed by atoms with Gasteiger partial charge in [-0.25, -0.2) is 9.79 Å². The molecule has 0 amide bonds. The predicted molar refractivity (Wildman–Crippen MR) is 159 cm³/mol. The van der Waals surface area contributed by atoms with E-state index < -0.39 is 12.0 Å². The molecule has 0 saturated carbocycles. The minimum absolute atomic E-state index is 0.167. The smallest absolute Gasteiger partial charge is 0.338 e. The largest absolute Gasteiger partial charge is 0.493 e. The van der Waals surface area contributed by atoms with Gasteiger partial charge in [0.1, 0.15) is 17.6 Å². The lowest BCUT2D eigenvalue weighted by Crippen LogP contribution is -2.40. The highest BCUT2D eigenvalue weighted by Crippen LogP contribution is 2.41. The Hall–Kier alpha value is -3.79. The Labute approximate surface area is 249 Å². The second-order valence-electron chi connectivity index (χ2n) is 8.92. The molecule has 41 heavy (non-hydrogen) atoms. The van der Waals surface area contributed by atoms with Gasteiger partial charge in [0.05, 0.1) is 46.2 Å². The molecular weight excluding hydrogens is 587 g/mol. The van der Waals surface area contributed by atoms with E-state index in [1.807, 2.05) is 6.92 Å². The van der Waals surface area contributed by atoms with Crippen molar-refractivity contribution in [2.75, 3.05) is 20.3 Å². The van der Waals surface area contributed by atoms with Crippen LogP contribution in [-0.4, -0.2) is 30.9 Å². The number of hydrogen-bond acceptors (Lipinski definition) is 8. The number of benzene rings is 2. The van der Waals surface area contributed by atoms with Gasteiger partial charge in [-0.05, 0) is 51.1 Å². The van der Waals surface area contributed by atoms with Crippen LogP contribution >= 0.6 is 34.5 Å². The molecule has 3 heterocycles. The monoisotopic (exact) mass is 612 g/mol. The highest BCUT2D eigenvalue weighted by atomic mass is 35.5. The Kier molecular flexibility index (Phi) is 8.40. The lowest BCUT2D eigenvalue weighted by atomic mass is 9.94. The zero-order valence-electron chi connectivity index (χ0n) is 22.7. The van der Waals surface area contributed by atoms with E-state index in [-0.39, 0.29) is 17.7 Å². The van der Waals surface area contributed by atoms with E-state index in [0.29, 0.717) is 65.8 Å². The quantitative estimate of drug-likeness (QED) is 0.234. The number of esters is 1. The van der Waals surface area contributed by atoms with Gasteiger partial charge in [-0.3, -0.25) is 9.36 Å². The molecule has 212 valence electrons. The number of thiazole rings is 1. The Morgan fingerprint density at radius 3 is 2.63 bits per heavy atom. The number of para-hydroxylation sites is 1. The summed E-state index contributed by atoms with van der Waals surface area (Å²) in [6, 6.07) is 13.3. The maximum atomic E-state index is 14.0. The van der Waals surface area contributed by atoms with Crippen molar-refractivity contribution in [3.63, 3.8) is 0 Å². The van der Waals surface area contributed by atoms with Crippen LogP contribution in [0.1, 0.15) is 38.1 Å². The summed E-state index contributed by atoms with van der Waals surface area (Å²) in [6.07, 6.45) is 1.64. The van der Waals surface area contributed by atoms with Crippen molar-refractivity contribution in [1.29, 1.82) is 0 Å². The van der Waals surface area contributed by atoms with E-state index in [0.717, 1.165) is 0 Å². The Balaban J connectivity index is 1.70. The first-order valence-electron chi connectivity index (χ1n) is 12.8. The molecule has 0 aliphatic carbocycles. The Morgan fingerprint density at radius 1 is 1.12 bits per heavy atom. The molecule has 1 aliphatic heterocycles. The summed E-state index contributed by atoms with van der Waals surface area (Å²) in [5.41, 5.74) is 1.55. The van der Waals surface area contributed by atoms with Crippen molar-refractivity contribution in [2.45, 2.75) is 26.8 Å². The van der Waals surface area contributed by atoms with Crippen LogP contribution in [-0.2, 0) is 9.53 Å².